The van der Waals surface area contributed by atoms with Crippen LogP contribution in [0, 0.1) is 25.7 Å². The van der Waals surface area contributed by atoms with E-state index in [4.69, 9.17) is 9.68 Å². The third kappa shape index (κ3) is 7.52. The summed E-state index contributed by atoms with van der Waals surface area (Å²) in [6.07, 6.45) is 2.08. The van der Waals surface area contributed by atoms with Crippen LogP contribution >= 0.6 is 0 Å². The lowest BCUT2D eigenvalue weighted by atomic mass is 9.92. The van der Waals surface area contributed by atoms with E-state index < -0.39 is 0 Å². The van der Waals surface area contributed by atoms with Crippen LogP contribution in [0.5, 0.6) is 5.75 Å². The lowest BCUT2D eigenvalue weighted by Gasteiger charge is -2.33. The lowest BCUT2D eigenvalue weighted by molar-refractivity contribution is -1.23. The van der Waals surface area contributed by atoms with Gasteiger partial charge in [0.05, 0.1) is 0 Å². The van der Waals surface area contributed by atoms with E-state index in [2.05, 4.69) is 84.9 Å². The van der Waals surface area contributed by atoms with E-state index >= 15 is 0 Å². The maximum absolute atomic E-state index is 6.76. The van der Waals surface area contributed by atoms with Gasteiger partial charge in [-0.05, 0) is 75.1 Å². The average molecular weight is 448 g/mol. The molecule has 0 saturated carbocycles. The molecule has 174 valence electrons. The maximum atomic E-state index is 6.76. The van der Waals surface area contributed by atoms with Gasteiger partial charge in [0.25, 0.3) is 0 Å². The van der Waals surface area contributed by atoms with E-state index in [1.807, 2.05) is 6.92 Å². The van der Waals surface area contributed by atoms with Crippen LogP contribution in [0.3, 0.4) is 0 Å². The molecule has 0 aliphatic rings. The standard InChI is InChI=1S/C27H42NO2.ClH/c1-9-28(29-10-2,19-25-15-11-13-22(7)23(25)8)30-27-16-12-14-24(17-20(3)4)26(27)18-21(5)6;/h11-16,20-21H,9-10,17-19H2,1-8H3;1H/q+1;/p-1. The fourth-order valence-electron chi connectivity index (χ4n) is 4.00. The molecule has 0 aromatic heterocycles. The minimum absolute atomic E-state index is 0. The van der Waals surface area contributed by atoms with Gasteiger partial charge in [-0.2, -0.15) is 4.84 Å². The first-order chi connectivity index (χ1) is 14.2. The molecule has 0 saturated heterocycles. The Morgan fingerprint density at radius 2 is 1.45 bits per heavy atom. The third-order valence-electron chi connectivity index (χ3n) is 5.71. The van der Waals surface area contributed by atoms with Crippen LogP contribution in [-0.2, 0) is 24.2 Å². The van der Waals surface area contributed by atoms with Gasteiger partial charge in [-0.25, -0.2) is 0 Å². The Hall–Kier alpha value is -1.55. The van der Waals surface area contributed by atoms with Crippen molar-refractivity contribution < 1.29 is 26.9 Å². The van der Waals surface area contributed by atoms with Gasteiger partial charge in [0.15, 0.2) is 12.3 Å². The number of aryl methyl sites for hydroxylation is 1. The molecule has 2 aromatic rings. The summed E-state index contributed by atoms with van der Waals surface area (Å²) in [4.78, 5) is 13.2. The summed E-state index contributed by atoms with van der Waals surface area (Å²) >= 11 is 0. The summed E-state index contributed by atoms with van der Waals surface area (Å²) in [7, 11) is 0. The predicted molar refractivity (Wildman–Crippen MR) is 126 cm³/mol. The van der Waals surface area contributed by atoms with Crippen molar-refractivity contribution in [3.8, 4) is 5.75 Å². The smallest absolute Gasteiger partial charge is 0.198 e. The largest absolute Gasteiger partial charge is 1.00 e. The van der Waals surface area contributed by atoms with E-state index in [1.54, 1.807) is 0 Å². The Morgan fingerprint density at radius 1 is 0.839 bits per heavy atom. The zero-order chi connectivity index (χ0) is 22.3. The number of hydroxylamine groups is 4. The van der Waals surface area contributed by atoms with Crippen LogP contribution in [0.2, 0.25) is 0 Å². The topological polar surface area (TPSA) is 18.5 Å². The summed E-state index contributed by atoms with van der Waals surface area (Å²) in [5.41, 5.74) is 6.62. The second-order valence-corrected chi connectivity index (χ2v) is 9.25. The molecule has 0 bridgehead atoms. The molecular weight excluding hydrogens is 406 g/mol. The van der Waals surface area contributed by atoms with Gasteiger partial charge >= 0.3 is 0 Å². The fraction of sp³-hybridized carbons (Fsp3) is 0.556. The van der Waals surface area contributed by atoms with Crippen molar-refractivity contribution in [1.82, 2.24) is 0 Å². The van der Waals surface area contributed by atoms with Crippen molar-refractivity contribution in [2.45, 2.75) is 74.8 Å². The normalized spacial score (nSPS) is 13.2. The number of quaternary nitrogens is 1. The van der Waals surface area contributed by atoms with Gasteiger partial charge < -0.3 is 12.4 Å². The summed E-state index contributed by atoms with van der Waals surface area (Å²) in [5, 5.41) is 0. The molecular formula is C27H42ClNO2. The first kappa shape index (κ1) is 27.5. The Kier molecular flexibility index (Phi) is 11.1. The summed E-state index contributed by atoms with van der Waals surface area (Å²) in [5.74, 6) is 2.14. The first-order valence-electron chi connectivity index (χ1n) is 11.6. The number of hydrogen-bond donors (Lipinski definition) is 0. The summed E-state index contributed by atoms with van der Waals surface area (Å²) in [6, 6.07) is 13.0. The minimum atomic E-state index is 0. The number of rotatable bonds is 11. The molecule has 1 unspecified atom stereocenters. The molecule has 4 heteroatoms. The fourth-order valence-corrected chi connectivity index (χ4v) is 4.00. The first-order valence-corrected chi connectivity index (χ1v) is 11.6. The van der Waals surface area contributed by atoms with Crippen LogP contribution in [0.1, 0.15) is 69.4 Å². The quantitative estimate of drug-likeness (QED) is 0.383. The maximum Gasteiger partial charge on any atom is 0.198 e. The van der Waals surface area contributed by atoms with Crippen LogP contribution in [-0.4, -0.2) is 18.0 Å². The van der Waals surface area contributed by atoms with Crippen LogP contribution < -0.4 is 17.2 Å². The van der Waals surface area contributed by atoms with Crippen LogP contribution in [0.15, 0.2) is 36.4 Å². The van der Waals surface area contributed by atoms with Gasteiger partial charge in [0.1, 0.15) is 13.2 Å². The van der Waals surface area contributed by atoms with Crippen molar-refractivity contribution in [2.24, 2.45) is 11.8 Å². The van der Waals surface area contributed by atoms with Gasteiger partial charge in [-0.3, -0.25) is 4.84 Å². The highest BCUT2D eigenvalue weighted by molar-refractivity contribution is 5.40. The highest BCUT2D eigenvalue weighted by Crippen LogP contribution is 2.31. The lowest BCUT2D eigenvalue weighted by Crippen LogP contribution is -3.00. The van der Waals surface area contributed by atoms with Gasteiger partial charge in [-0.1, -0.05) is 58.0 Å². The van der Waals surface area contributed by atoms with E-state index in [0.717, 1.165) is 25.1 Å². The highest BCUT2D eigenvalue weighted by atomic mass is 35.5. The SMILES string of the molecule is CCO[N+](CC)(Cc1cccc(C)c1C)Oc1cccc(CC(C)C)c1CC(C)C.[Cl-]. The molecule has 0 aliphatic carbocycles. The highest BCUT2D eigenvalue weighted by Gasteiger charge is 2.34. The molecule has 2 aromatic carbocycles. The molecule has 0 amide bonds. The summed E-state index contributed by atoms with van der Waals surface area (Å²) in [6.45, 7) is 19.7. The Labute approximate surface area is 196 Å². The number of hydrogen-bond acceptors (Lipinski definition) is 2. The zero-order valence-corrected chi connectivity index (χ0v) is 21.6. The molecule has 2 rings (SSSR count). The Morgan fingerprint density at radius 3 is 2.03 bits per heavy atom. The minimum Gasteiger partial charge on any atom is -1.00 e. The van der Waals surface area contributed by atoms with Gasteiger partial charge in [0, 0.05) is 15.9 Å². The molecule has 0 N–H and O–H groups in total. The monoisotopic (exact) mass is 447 g/mol. The molecule has 31 heavy (non-hydrogen) atoms. The third-order valence-corrected chi connectivity index (χ3v) is 5.71. The Balaban J connectivity index is 0.00000480. The molecule has 1 atom stereocenters. The molecule has 0 spiro atoms. The Bertz CT molecular complexity index is 819. The van der Waals surface area contributed by atoms with Gasteiger partial charge in [0.2, 0.25) is 0 Å². The van der Waals surface area contributed by atoms with E-state index in [0.29, 0.717) is 25.0 Å². The predicted octanol–water partition coefficient (Wildman–Crippen LogP) is 3.99. The van der Waals surface area contributed by atoms with Crippen molar-refractivity contribution in [3.05, 3.63) is 64.2 Å². The summed E-state index contributed by atoms with van der Waals surface area (Å²) < 4.78 is 0. The van der Waals surface area contributed by atoms with Crippen molar-refractivity contribution in [3.63, 3.8) is 0 Å². The van der Waals surface area contributed by atoms with Gasteiger partial charge in [-0.15, -0.1) is 0 Å². The second-order valence-electron chi connectivity index (χ2n) is 9.25. The number of nitrogens with zero attached hydrogens (tertiary/aromatic N) is 1. The van der Waals surface area contributed by atoms with E-state index in [1.165, 1.54) is 27.8 Å². The molecule has 0 heterocycles. The molecule has 3 nitrogen and oxygen atoms in total. The van der Waals surface area contributed by atoms with Crippen LogP contribution in [0.25, 0.3) is 0 Å². The van der Waals surface area contributed by atoms with Crippen molar-refractivity contribution in [2.75, 3.05) is 13.2 Å². The van der Waals surface area contributed by atoms with Crippen molar-refractivity contribution in [1.29, 1.82) is 0 Å². The van der Waals surface area contributed by atoms with E-state index in [-0.39, 0.29) is 17.2 Å². The molecule has 0 aliphatic heterocycles. The molecule has 0 radical (unpaired) electrons. The van der Waals surface area contributed by atoms with Crippen LogP contribution in [0.4, 0.5) is 0 Å². The van der Waals surface area contributed by atoms with Crippen molar-refractivity contribution >= 4 is 0 Å². The number of benzene rings is 2. The van der Waals surface area contributed by atoms with E-state index in [9.17, 15) is 0 Å². The average Bonchev–Trinajstić information content (AvgIpc) is 2.67. The second kappa shape index (κ2) is 12.5. The number of halogens is 1. The zero-order valence-electron chi connectivity index (χ0n) is 20.8. The molecule has 0 fully saturated rings.